The molecule has 0 spiro atoms. The van der Waals surface area contributed by atoms with Gasteiger partial charge in [0.15, 0.2) is 0 Å². The van der Waals surface area contributed by atoms with Crippen LogP contribution in [-0.2, 0) is 11.8 Å². The lowest BCUT2D eigenvalue weighted by molar-refractivity contribution is 0.256. The number of nitrogens with zero attached hydrogens (tertiary/aromatic N) is 2. The lowest BCUT2D eigenvalue weighted by atomic mass is 9.86. The van der Waals surface area contributed by atoms with Crippen LogP contribution >= 0.6 is 0 Å². The molecule has 0 fully saturated rings. The first-order valence-corrected chi connectivity index (χ1v) is 9.55. The molecule has 0 saturated heterocycles. The van der Waals surface area contributed by atoms with Crippen LogP contribution in [0.1, 0.15) is 37.5 Å². The van der Waals surface area contributed by atoms with Crippen LogP contribution in [0, 0.1) is 0 Å². The summed E-state index contributed by atoms with van der Waals surface area (Å²) in [5, 5.41) is 0. The van der Waals surface area contributed by atoms with Gasteiger partial charge in [-0.05, 0) is 64.9 Å². The Hall–Kier alpha value is -3.34. The number of carbonyl (C=O) groups excluding carboxylic acids is 1. The minimum atomic E-state index is -0.559. The molecule has 3 aromatic rings. The molecular formula is C24H27N3O2. The van der Waals surface area contributed by atoms with Crippen LogP contribution in [0.25, 0.3) is 0 Å². The van der Waals surface area contributed by atoms with Crippen LogP contribution in [0.5, 0.6) is 5.75 Å². The molecule has 5 nitrogen and oxygen atoms in total. The maximum absolute atomic E-state index is 12.4. The second kappa shape index (κ2) is 8.35. The lowest BCUT2D eigenvalue weighted by Crippen LogP contribution is -2.32. The van der Waals surface area contributed by atoms with Gasteiger partial charge in [-0.25, -0.2) is 4.79 Å². The van der Waals surface area contributed by atoms with Crippen LogP contribution < -0.4 is 15.4 Å². The zero-order chi connectivity index (χ0) is 21.0. The average Bonchev–Trinajstić information content (AvgIpc) is 2.69. The Balaban J connectivity index is 1.97. The van der Waals surface area contributed by atoms with E-state index in [1.165, 1.54) is 10.5 Å². The molecule has 0 saturated carbocycles. The Kier molecular flexibility index (Phi) is 5.87. The maximum atomic E-state index is 12.4. The number of urea groups is 1. The van der Waals surface area contributed by atoms with Gasteiger partial charge in [0, 0.05) is 12.4 Å². The number of pyridine rings is 1. The minimum Gasteiger partial charge on any atom is -0.495 e. The number of amides is 2. The molecule has 0 bridgehead atoms. The summed E-state index contributed by atoms with van der Waals surface area (Å²) in [7, 11) is 1.59. The Labute approximate surface area is 172 Å². The average molecular weight is 389 g/mol. The topological polar surface area (TPSA) is 68.5 Å². The van der Waals surface area contributed by atoms with Crippen molar-refractivity contribution in [1.82, 2.24) is 4.98 Å². The zero-order valence-electron chi connectivity index (χ0n) is 17.3. The van der Waals surface area contributed by atoms with Crippen molar-refractivity contribution in [1.29, 1.82) is 0 Å². The second-order valence-electron chi connectivity index (χ2n) is 8.01. The molecule has 0 atom stereocenters. The van der Waals surface area contributed by atoms with Gasteiger partial charge in [-0.15, -0.1) is 0 Å². The third kappa shape index (κ3) is 4.74. The third-order valence-electron chi connectivity index (χ3n) is 4.86. The van der Waals surface area contributed by atoms with Gasteiger partial charge in [0.05, 0.1) is 18.5 Å². The molecule has 3 rings (SSSR count). The van der Waals surface area contributed by atoms with Crippen LogP contribution in [0.3, 0.4) is 0 Å². The van der Waals surface area contributed by atoms with Crippen molar-refractivity contribution in [2.24, 2.45) is 5.73 Å². The van der Waals surface area contributed by atoms with E-state index >= 15 is 0 Å². The van der Waals surface area contributed by atoms with Gasteiger partial charge in [0.1, 0.15) is 5.75 Å². The Morgan fingerprint density at radius 1 is 1.00 bits per heavy atom. The molecule has 1 aromatic heterocycles. The first-order chi connectivity index (χ1) is 13.8. The van der Waals surface area contributed by atoms with E-state index in [1.807, 2.05) is 54.6 Å². The number of nitrogens with two attached hydrogens (primary N) is 1. The largest absolute Gasteiger partial charge is 0.495 e. The van der Waals surface area contributed by atoms with E-state index in [0.29, 0.717) is 17.1 Å². The molecular weight excluding hydrogens is 362 g/mol. The summed E-state index contributed by atoms with van der Waals surface area (Å²) in [4.78, 5) is 17.9. The predicted molar refractivity (Wildman–Crippen MR) is 117 cm³/mol. The summed E-state index contributed by atoms with van der Waals surface area (Å²) >= 11 is 0. The highest BCUT2D eigenvalue weighted by molar-refractivity contribution is 6.00. The predicted octanol–water partition coefficient (Wildman–Crippen LogP) is 5.20. The Bertz CT molecular complexity index is 977. The second-order valence-corrected chi connectivity index (χ2v) is 8.01. The molecule has 0 radical (unpaired) electrons. The SMILES string of the molecule is COc1ccc(C(C)(C)C)cc1N(C(N)=O)c1ccc(Cc2ccncc2)cc1. The van der Waals surface area contributed by atoms with Crippen molar-refractivity contribution in [3.63, 3.8) is 0 Å². The van der Waals surface area contributed by atoms with Gasteiger partial charge in [0.25, 0.3) is 0 Å². The fourth-order valence-electron chi connectivity index (χ4n) is 3.22. The van der Waals surface area contributed by atoms with Crippen molar-refractivity contribution in [2.45, 2.75) is 32.6 Å². The Morgan fingerprint density at radius 3 is 2.17 bits per heavy atom. The fraction of sp³-hybridized carbons (Fsp3) is 0.250. The molecule has 1 heterocycles. The Morgan fingerprint density at radius 2 is 1.62 bits per heavy atom. The first kappa shape index (κ1) is 20.4. The lowest BCUT2D eigenvalue weighted by Gasteiger charge is -2.26. The molecule has 0 unspecified atom stereocenters. The molecule has 2 N–H and O–H groups in total. The van der Waals surface area contributed by atoms with Crippen molar-refractivity contribution >= 4 is 17.4 Å². The highest BCUT2D eigenvalue weighted by Crippen LogP contribution is 2.37. The number of rotatable bonds is 5. The molecule has 2 amide bonds. The number of hydrogen-bond acceptors (Lipinski definition) is 3. The summed E-state index contributed by atoms with van der Waals surface area (Å²) in [5.41, 5.74) is 10.4. The first-order valence-electron chi connectivity index (χ1n) is 9.55. The minimum absolute atomic E-state index is 0.0707. The standard InChI is InChI=1S/C24H27N3O2/c1-24(2,3)19-7-10-22(29-4)21(16-19)27(23(25)28)20-8-5-17(6-9-20)15-18-11-13-26-14-12-18/h5-14,16H,15H2,1-4H3,(H2,25,28). The fourth-order valence-corrected chi connectivity index (χ4v) is 3.22. The summed E-state index contributed by atoms with van der Waals surface area (Å²) in [5.74, 6) is 0.595. The smallest absolute Gasteiger partial charge is 0.324 e. The van der Waals surface area contributed by atoms with Crippen LogP contribution in [-0.4, -0.2) is 18.1 Å². The van der Waals surface area contributed by atoms with Gasteiger partial charge in [-0.3, -0.25) is 9.88 Å². The van der Waals surface area contributed by atoms with E-state index in [4.69, 9.17) is 10.5 Å². The van der Waals surface area contributed by atoms with E-state index in [0.717, 1.165) is 17.5 Å². The normalized spacial score (nSPS) is 11.2. The molecule has 2 aromatic carbocycles. The van der Waals surface area contributed by atoms with E-state index in [1.54, 1.807) is 19.5 Å². The van der Waals surface area contributed by atoms with E-state index in [9.17, 15) is 4.79 Å². The van der Waals surface area contributed by atoms with E-state index in [-0.39, 0.29) is 5.41 Å². The monoisotopic (exact) mass is 389 g/mol. The quantitative estimate of drug-likeness (QED) is 0.652. The van der Waals surface area contributed by atoms with Gasteiger partial charge >= 0.3 is 6.03 Å². The number of aromatic nitrogens is 1. The molecule has 150 valence electrons. The van der Waals surface area contributed by atoms with Gasteiger partial charge < -0.3 is 10.5 Å². The van der Waals surface area contributed by atoms with Gasteiger partial charge in [0.2, 0.25) is 0 Å². The van der Waals surface area contributed by atoms with Crippen LogP contribution in [0.4, 0.5) is 16.2 Å². The molecule has 0 aliphatic rings. The summed E-state index contributed by atoms with van der Waals surface area (Å²) in [6.07, 6.45) is 4.36. The molecule has 5 heteroatoms. The van der Waals surface area contributed by atoms with Gasteiger partial charge in [-0.2, -0.15) is 0 Å². The number of carbonyl (C=O) groups is 1. The number of anilines is 2. The number of benzene rings is 2. The molecule has 0 aliphatic carbocycles. The zero-order valence-corrected chi connectivity index (χ0v) is 17.3. The van der Waals surface area contributed by atoms with Crippen LogP contribution in [0.15, 0.2) is 67.0 Å². The number of primary amides is 1. The van der Waals surface area contributed by atoms with Crippen molar-refractivity contribution in [3.8, 4) is 5.75 Å². The van der Waals surface area contributed by atoms with Crippen molar-refractivity contribution < 1.29 is 9.53 Å². The highest BCUT2D eigenvalue weighted by Gasteiger charge is 2.23. The number of ether oxygens (including phenoxy) is 1. The highest BCUT2D eigenvalue weighted by atomic mass is 16.5. The summed E-state index contributed by atoms with van der Waals surface area (Å²) < 4.78 is 5.51. The summed E-state index contributed by atoms with van der Waals surface area (Å²) in [6, 6.07) is 17.1. The van der Waals surface area contributed by atoms with E-state index in [2.05, 4.69) is 25.8 Å². The number of methoxy groups -OCH3 is 1. The molecule has 29 heavy (non-hydrogen) atoms. The van der Waals surface area contributed by atoms with Crippen LogP contribution in [0.2, 0.25) is 0 Å². The maximum Gasteiger partial charge on any atom is 0.324 e. The molecule has 0 aliphatic heterocycles. The summed E-state index contributed by atoms with van der Waals surface area (Å²) in [6.45, 7) is 6.38. The van der Waals surface area contributed by atoms with Gasteiger partial charge in [-0.1, -0.05) is 39.0 Å². The van der Waals surface area contributed by atoms with Crippen molar-refractivity contribution in [2.75, 3.05) is 12.0 Å². The third-order valence-corrected chi connectivity index (χ3v) is 4.86. The number of hydrogen-bond donors (Lipinski definition) is 1. The van der Waals surface area contributed by atoms with E-state index < -0.39 is 6.03 Å². The van der Waals surface area contributed by atoms with Crippen molar-refractivity contribution in [3.05, 3.63) is 83.7 Å².